The van der Waals surface area contributed by atoms with Crippen molar-refractivity contribution in [1.29, 1.82) is 0 Å². The van der Waals surface area contributed by atoms with Gasteiger partial charge in [0.1, 0.15) is 4.21 Å². The van der Waals surface area contributed by atoms with Crippen LogP contribution < -0.4 is 5.73 Å². The molecule has 18 heavy (non-hydrogen) atoms. The highest BCUT2D eigenvalue weighted by Crippen LogP contribution is 2.37. The minimum absolute atomic E-state index is 0.0175. The quantitative estimate of drug-likeness (QED) is 0.885. The molecule has 4 nitrogen and oxygen atoms in total. The summed E-state index contributed by atoms with van der Waals surface area (Å²) in [7, 11) is -3.42. The molecule has 2 unspecified atom stereocenters. The zero-order valence-electron chi connectivity index (χ0n) is 9.77. The molecule has 2 N–H and O–H groups in total. The minimum Gasteiger partial charge on any atom is -0.328 e. The maximum absolute atomic E-state index is 12.4. The second-order valence-corrected chi connectivity index (χ2v) is 9.40. The number of nitrogens with zero attached hydrogens (tertiary/aromatic N) is 1. The van der Waals surface area contributed by atoms with Crippen LogP contribution in [-0.2, 0) is 10.0 Å². The molecule has 1 saturated heterocycles. The Morgan fingerprint density at radius 1 is 1.67 bits per heavy atom. The molecule has 0 amide bonds. The molecule has 1 fully saturated rings. The van der Waals surface area contributed by atoms with E-state index < -0.39 is 10.0 Å². The summed E-state index contributed by atoms with van der Waals surface area (Å²) in [5.74, 6) is 0.235. The predicted molar refractivity (Wildman–Crippen MR) is 77.5 cm³/mol. The van der Waals surface area contributed by atoms with E-state index in [4.69, 9.17) is 17.3 Å². The van der Waals surface area contributed by atoms with Gasteiger partial charge >= 0.3 is 0 Å². The van der Waals surface area contributed by atoms with Crippen LogP contribution in [0.2, 0.25) is 5.02 Å². The second-order valence-electron chi connectivity index (χ2n) is 4.46. The second kappa shape index (κ2) is 5.38. The summed E-state index contributed by atoms with van der Waals surface area (Å²) in [4.78, 5) is 0. The molecule has 1 aromatic heterocycles. The summed E-state index contributed by atoms with van der Waals surface area (Å²) in [5.41, 5.74) is 5.82. The van der Waals surface area contributed by atoms with E-state index >= 15 is 0 Å². The van der Waals surface area contributed by atoms with Crippen molar-refractivity contribution in [3.8, 4) is 0 Å². The molecule has 1 aliphatic heterocycles. The highest BCUT2D eigenvalue weighted by Gasteiger charge is 2.35. The lowest BCUT2D eigenvalue weighted by Crippen LogP contribution is -2.32. The molecule has 2 heterocycles. The first-order chi connectivity index (χ1) is 8.32. The molecule has 0 spiro atoms. The molecule has 8 heteroatoms. The van der Waals surface area contributed by atoms with Crippen LogP contribution in [0.25, 0.3) is 0 Å². The van der Waals surface area contributed by atoms with Gasteiger partial charge in [0.2, 0.25) is 0 Å². The van der Waals surface area contributed by atoms with Crippen molar-refractivity contribution in [3.05, 3.63) is 14.9 Å². The Morgan fingerprint density at radius 2 is 2.33 bits per heavy atom. The van der Waals surface area contributed by atoms with E-state index in [2.05, 4.69) is 15.9 Å². The molecule has 2 atom stereocenters. The molecule has 0 aromatic carbocycles. The number of nitrogens with two attached hydrogens (primary N) is 1. The minimum atomic E-state index is -3.42. The van der Waals surface area contributed by atoms with Crippen LogP contribution in [0.4, 0.5) is 0 Å². The van der Waals surface area contributed by atoms with Crippen molar-refractivity contribution in [1.82, 2.24) is 4.31 Å². The average Bonchev–Trinajstić information content (AvgIpc) is 2.87. The van der Waals surface area contributed by atoms with Gasteiger partial charge in [-0.05, 0) is 41.3 Å². The summed E-state index contributed by atoms with van der Waals surface area (Å²) < 4.78 is 27.2. The van der Waals surface area contributed by atoms with Crippen molar-refractivity contribution in [3.63, 3.8) is 0 Å². The van der Waals surface area contributed by atoms with Crippen LogP contribution in [0.1, 0.15) is 13.3 Å². The molecule has 0 aliphatic carbocycles. The fourth-order valence-electron chi connectivity index (χ4n) is 1.98. The van der Waals surface area contributed by atoms with Crippen molar-refractivity contribution in [2.45, 2.75) is 23.6 Å². The van der Waals surface area contributed by atoms with Gasteiger partial charge in [-0.25, -0.2) is 8.42 Å². The average molecular weight is 374 g/mol. The van der Waals surface area contributed by atoms with Crippen molar-refractivity contribution in [2.75, 3.05) is 13.1 Å². The first kappa shape index (κ1) is 14.7. The molecular weight excluding hydrogens is 360 g/mol. The third-order valence-corrected chi connectivity index (χ3v) is 7.94. The van der Waals surface area contributed by atoms with Crippen LogP contribution in [-0.4, -0.2) is 31.9 Å². The Bertz CT molecular complexity index is 525. The van der Waals surface area contributed by atoms with Gasteiger partial charge in [-0.15, -0.1) is 11.3 Å². The number of thiophene rings is 1. The van der Waals surface area contributed by atoms with E-state index in [0.717, 1.165) is 17.8 Å². The summed E-state index contributed by atoms with van der Waals surface area (Å²) in [5, 5.41) is 0.432. The van der Waals surface area contributed by atoms with Gasteiger partial charge in [0.05, 0.1) is 8.81 Å². The van der Waals surface area contributed by atoms with Gasteiger partial charge in [0, 0.05) is 19.1 Å². The fraction of sp³-hybridized carbons (Fsp3) is 0.600. The normalized spacial score (nSPS) is 23.4. The molecule has 0 saturated carbocycles. The van der Waals surface area contributed by atoms with E-state index in [1.807, 2.05) is 6.92 Å². The summed E-state index contributed by atoms with van der Waals surface area (Å²) in [6.45, 7) is 2.94. The number of rotatable bonds is 3. The smallest absolute Gasteiger partial charge is 0.252 e. The third kappa shape index (κ3) is 2.76. The van der Waals surface area contributed by atoms with Gasteiger partial charge in [0.15, 0.2) is 0 Å². The molecular formula is C10H14BrClN2O2S2. The predicted octanol–water partition coefficient (Wildman–Crippen LogP) is 2.52. The van der Waals surface area contributed by atoms with Crippen LogP contribution >= 0.6 is 38.9 Å². The summed E-state index contributed by atoms with van der Waals surface area (Å²) >= 11 is 10.3. The summed E-state index contributed by atoms with van der Waals surface area (Å²) in [6.07, 6.45) is 0.817. The van der Waals surface area contributed by atoms with E-state index in [1.165, 1.54) is 10.4 Å². The summed E-state index contributed by atoms with van der Waals surface area (Å²) in [6, 6.07) is 1.51. The van der Waals surface area contributed by atoms with Crippen LogP contribution in [0.15, 0.2) is 14.1 Å². The third-order valence-electron chi connectivity index (χ3n) is 3.15. The lowest BCUT2D eigenvalue weighted by Gasteiger charge is -2.17. The highest BCUT2D eigenvalue weighted by molar-refractivity contribution is 9.11. The maximum atomic E-state index is 12.4. The SMILES string of the molecule is CC(N)C1CCN(S(=O)(=O)c2cc(Cl)c(Br)s2)C1. The van der Waals surface area contributed by atoms with E-state index in [-0.39, 0.29) is 16.2 Å². The van der Waals surface area contributed by atoms with E-state index in [9.17, 15) is 8.42 Å². The monoisotopic (exact) mass is 372 g/mol. The van der Waals surface area contributed by atoms with Crippen LogP contribution in [0.5, 0.6) is 0 Å². The molecule has 0 radical (unpaired) electrons. The Morgan fingerprint density at radius 3 is 2.78 bits per heavy atom. The Hall–Kier alpha value is 0.340. The maximum Gasteiger partial charge on any atom is 0.252 e. The zero-order chi connectivity index (χ0) is 13.5. The Labute approximate surface area is 124 Å². The van der Waals surface area contributed by atoms with Crippen molar-refractivity contribution >= 4 is 48.9 Å². The highest BCUT2D eigenvalue weighted by atomic mass is 79.9. The van der Waals surface area contributed by atoms with E-state index in [1.54, 1.807) is 0 Å². The Balaban J connectivity index is 2.23. The lowest BCUT2D eigenvalue weighted by molar-refractivity contribution is 0.430. The number of halogens is 2. The Kier molecular flexibility index (Phi) is 4.40. The van der Waals surface area contributed by atoms with Crippen LogP contribution in [0, 0.1) is 5.92 Å². The first-order valence-electron chi connectivity index (χ1n) is 5.53. The van der Waals surface area contributed by atoms with Crippen LogP contribution in [0.3, 0.4) is 0 Å². The van der Waals surface area contributed by atoms with Crippen molar-refractivity contribution in [2.24, 2.45) is 11.7 Å². The van der Waals surface area contributed by atoms with Gasteiger partial charge in [-0.3, -0.25) is 0 Å². The molecule has 2 rings (SSSR count). The number of hydrogen-bond donors (Lipinski definition) is 1. The standard InChI is InChI=1S/C10H14BrClN2O2S2/c1-6(13)7-2-3-14(5-7)18(15,16)9-4-8(12)10(11)17-9/h4,6-7H,2-3,5,13H2,1H3. The fourth-order valence-corrected chi connectivity index (χ4v) is 6.05. The van der Waals surface area contributed by atoms with Gasteiger partial charge in [-0.2, -0.15) is 4.31 Å². The number of sulfonamides is 1. The zero-order valence-corrected chi connectivity index (χ0v) is 13.7. The van der Waals surface area contributed by atoms with Crippen molar-refractivity contribution < 1.29 is 8.42 Å². The van der Waals surface area contributed by atoms with Gasteiger partial charge < -0.3 is 5.73 Å². The topological polar surface area (TPSA) is 63.4 Å². The van der Waals surface area contributed by atoms with E-state index in [0.29, 0.717) is 21.9 Å². The first-order valence-corrected chi connectivity index (χ1v) is 8.95. The molecule has 102 valence electrons. The molecule has 0 bridgehead atoms. The number of hydrogen-bond acceptors (Lipinski definition) is 4. The lowest BCUT2D eigenvalue weighted by atomic mass is 10.0. The molecule has 1 aromatic rings. The molecule has 1 aliphatic rings. The largest absolute Gasteiger partial charge is 0.328 e. The van der Waals surface area contributed by atoms with Gasteiger partial charge in [0.25, 0.3) is 10.0 Å². The van der Waals surface area contributed by atoms with Gasteiger partial charge in [-0.1, -0.05) is 11.6 Å².